The Labute approximate surface area is 148 Å². The summed E-state index contributed by atoms with van der Waals surface area (Å²) >= 11 is 1.79. The van der Waals surface area contributed by atoms with E-state index in [1.807, 2.05) is 6.92 Å². The summed E-state index contributed by atoms with van der Waals surface area (Å²) in [6, 6.07) is 4.25. The summed E-state index contributed by atoms with van der Waals surface area (Å²) in [6.07, 6.45) is 0.902. The summed E-state index contributed by atoms with van der Waals surface area (Å²) in [7, 11) is 1.70. The maximum atomic E-state index is 12.3. The molecule has 1 aromatic rings. The normalized spacial score (nSPS) is 16.1. The predicted octanol–water partition coefficient (Wildman–Crippen LogP) is 0.850. The number of thiophene rings is 1. The summed E-state index contributed by atoms with van der Waals surface area (Å²) < 4.78 is 0. The van der Waals surface area contributed by atoms with E-state index < -0.39 is 0 Å². The van der Waals surface area contributed by atoms with Gasteiger partial charge in [-0.3, -0.25) is 19.4 Å². The Morgan fingerprint density at radius 2 is 1.96 bits per heavy atom. The molecule has 0 saturated carbocycles. The molecule has 0 unspecified atom stereocenters. The average molecular weight is 353 g/mol. The number of rotatable bonds is 8. The Morgan fingerprint density at radius 1 is 1.25 bits per heavy atom. The standard InChI is InChI=1S/C17H28N4O2S/c1-3-6-18-16(22)13-19(2)17(23)14-21-9-7-20(8-10-21)12-15-5-4-11-24-15/h4-5,11H,3,6-10,12-14H2,1-2H3,(H,18,22). The van der Waals surface area contributed by atoms with Crippen molar-refractivity contribution in [2.75, 3.05) is 52.9 Å². The van der Waals surface area contributed by atoms with Crippen molar-refractivity contribution in [3.8, 4) is 0 Å². The van der Waals surface area contributed by atoms with Gasteiger partial charge in [0, 0.05) is 51.2 Å². The molecule has 1 aliphatic rings. The molecule has 1 aliphatic heterocycles. The zero-order valence-electron chi connectivity index (χ0n) is 14.7. The van der Waals surface area contributed by atoms with Crippen molar-refractivity contribution in [1.82, 2.24) is 20.0 Å². The minimum atomic E-state index is -0.0894. The Kier molecular flexibility index (Phi) is 7.68. The van der Waals surface area contributed by atoms with Gasteiger partial charge < -0.3 is 10.2 Å². The Morgan fingerprint density at radius 3 is 2.58 bits per heavy atom. The number of likely N-dealkylation sites (N-methyl/N-ethyl adjacent to an activating group) is 1. The fourth-order valence-corrected chi connectivity index (χ4v) is 3.41. The van der Waals surface area contributed by atoms with Gasteiger partial charge in [0.15, 0.2) is 0 Å². The minimum absolute atomic E-state index is 0.00774. The van der Waals surface area contributed by atoms with Crippen LogP contribution < -0.4 is 5.32 Å². The molecule has 6 nitrogen and oxygen atoms in total. The van der Waals surface area contributed by atoms with E-state index in [9.17, 15) is 9.59 Å². The zero-order valence-corrected chi connectivity index (χ0v) is 15.5. The summed E-state index contributed by atoms with van der Waals surface area (Å²) in [5.41, 5.74) is 0. The first-order chi connectivity index (χ1) is 11.6. The van der Waals surface area contributed by atoms with Gasteiger partial charge >= 0.3 is 0 Å². The fourth-order valence-electron chi connectivity index (χ4n) is 2.66. The van der Waals surface area contributed by atoms with Crippen LogP contribution >= 0.6 is 11.3 Å². The molecule has 0 atom stereocenters. The quantitative estimate of drug-likeness (QED) is 0.754. The lowest BCUT2D eigenvalue weighted by Crippen LogP contribution is -2.50. The molecular formula is C17H28N4O2S. The van der Waals surface area contributed by atoms with Crippen LogP contribution in [0.1, 0.15) is 18.2 Å². The molecule has 1 saturated heterocycles. The van der Waals surface area contributed by atoms with Crippen LogP contribution in [0.5, 0.6) is 0 Å². The van der Waals surface area contributed by atoms with Crippen LogP contribution in [-0.2, 0) is 16.1 Å². The molecule has 7 heteroatoms. The third-order valence-electron chi connectivity index (χ3n) is 4.16. The largest absolute Gasteiger partial charge is 0.355 e. The highest BCUT2D eigenvalue weighted by molar-refractivity contribution is 7.09. The minimum Gasteiger partial charge on any atom is -0.355 e. The molecule has 1 fully saturated rings. The molecule has 134 valence electrons. The first kappa shape index (κ1) is 18.9. The summed E-state index contributed by atoms with van der Waals surface area (Å²) in [4.78, 5) is 31.4. The van der Waals surface area contributed by atoms with Gasteiger partial charge in [0.2, 0.25) is 11.8 Å². The molecule has 0 radical (unpaired) electrons. The molecular weight excluding hydrogens is 324 g/mol. The van der Waals surface area contributed by atoms with Gasteiger partial charge in [-0.15, -0.1) is 11.3 Å². The van der Waals surface area contributed by atoms with Crippen LogP contribution in [0.2, 0.25) is 0 Å². The topological polar surface area (TPSA) is 55.9 Å². The monoisotopic (exact) mass is 352 g/mol. The number of piperazine rings is 1. The Balaban J connectivity index is 1.67. The van der Waals surface area contributed by atoms with E-state index >= 15 is 0 Å². The van der Waals surface area contributed by atoms with E-state index in [1.165, 1.54) is 9.78 Å². The van der Waals surface area contributed by atoms with E-state index in [0.717, 1.165) is 39.1 Å². The second-order valence-electron chi connectivity index (χ2n) is 6.23. The third kappa shape index (κ3) is 6.22. The molecule has 1 aromatic heterocycles. The summed E-state index contributed by atoms with van der Waals surface area (Å²) in [6.45, 7) is 7.94. The van der Waals surface area contributed by atoms with Crippen LogP contribution in [0.4, 0.5) is 0 Å². The Hall–Kier alpha value is -1.44. The lowest BCUT2D eigenvalue weighted by Gasteiger charge is -2.34. The Bertz CT molecular complexity index is 513. The maximum absolute atomic E-state index is 12.3. The lowest BCUT2D eigenvalue weighted by atomic mass is 10.3. The highest BCUT2D eigenvalue weighted by Gasteiger charge is 2.21. The van der Waals surface area contributed by atoms with Crippen LogP contribution in [0.3, 0.4) is 0 Å². The fraction of sp³-hybridized carbons (Fsp3) is 0.647. The lowest BCUT2D eigenvalue weighted by molar-refractivity contribution is -0.136. The van der Waals surface area contributed by atoms with Crippen molar-refractivity contribution in [2.24, 2.45) is 0 Å². The number of hydrogen-bond acceptors (Lipinski definition) is 5. The molecule has 0 bridgehead atoms. The number of nitrogens with zero attached hydrogens (tertiary/aromatic N) is 3. The van der Waals surface area contributed by atoms with Gasteiger partial charge in [0.25, 0.3) is 0 Å². The van der Waals surface area contributed by atoms with Gasteiger partial charge in [-0.05, 0) is 17.9 Å². The molecule has 0 spiro atoms. The number of amides is 2. The van der Waals surface area contributed by atoms with E-state index in [-0.39, 0.29) is 18.4 Å². The van der Waals surface area contributed by atoms with Crippen molar-refractivity contribution in [2.45, 2.75) is 19.9 Å². The number of hydrogen-bond donors (Lipinski definition) is 1. The molecule has 24 heavy (non-hydrogen) atoms. The van der Waals surface area contributed by atoms with Crippen molar-refractivity contribution in [3.05, 3.63) is 22.4 Å². The second-order valence-corrected chi connectivity index (χ2v) is 7.26. The van der Waals surface area contributed by atoms with Gasteiger partial charge in [0.05, 0.1) is 13.1 Å². The molecule has 2 heterocycles. The predicted molar refractivity (Wildman–Crippen MR) is 97.0 cm³/mol. The number of carbonyl (C=O) groups excluding carboxylic acids is 2. The van der Waals surface area contributed by atoms with Crippen molar-refractivity contribution < 1.29 is 9.59 Å². The van der Waals surface area contributed by atoms with Crippen LogP contribution in [0.15, 0.2) is 17.5 Å². The smallest absolute Gasteiger partial charge is 0.239 e. The van der Waals surface area contributed by atoms with Gasteiger partial charge in [-0.1, -0.05) is 13.0 Å². The van der Waals surface area contributed by atoms with Crippen LogP contribution in [0, 0.1) is 0 Å². The maximum Gasteiger partial charge on any atom is 0.239 e. The van der Waals surface area contributed by atoms with E-state index in [4.69, 9.17) is 0 Å². The zero-order chi connectivity index (χ0) is 17.4. The van der Waals surface area contributed by atoms with E-state index in [2.05, 4.69) is 32.6 Å². The van der Waals surface area contributed by atoms with Gasteiger partial charge in [-0.2, -0.15) is 0 Å². The molecule has 2 amide bonds. The number of carbonyl (C=O) groups is 2. The molecule has 2 rings (SSSR count). The second kappa shape index (κ2) is 9.76. The summed E-state index contributed by atoms with van der Waals surface area (Å²) in [5.74, 6) is -0.0816. The molecule has 1 N–H and O–H groups in total. The molecule has 0 aromatic carbocycles. The van der Waals surface area contributed by atoms with Crippen molar-refractivity contribution in [3.63, 3.8) is 0 Å². The van der Waals surface area contributed by atoms with Crippen molar-refractivity contribution in [1.29, 1.82) is 0 Å². The number of nitrogens with one attached hydrogen (secondary N) is 1. The van der Waals surface area contributed by atoms with E-state index in [0.29, 0.717) is 13.1 Å². The first-order valence-electron chi connectivity index (χ1n) is 8.56. The molecule has 0 aliphatic carbocycles. The highest BCUT2D eigenvalue weighted by Crippen LogP contribution is 2.13. The van der Waals surface area contributed by atoms with Gasteiger partial charge in [0.1, 0.15) is 0 Å². The average Bonchev–Trinajstić information content (AvgIpc) is 3.07. The SMILES string of the molecule is CCCNC(=O)CN(C)C(=O)CN1CCN(Cc2cccs2)CC1. The van der Waals surface area contributed by atoms with Crippen LogP contribution in [0.25, 0.3) is 0 Å². The highest BCUT2D eigenvalue weighted by atomic mass is 32.1. The summed E-state index contributed by atoms with van der Waals surface area (Å²) in [5, 5.41) is 4.90. The first-order valence-corrected chi connectivity index (χ1v) is 9.44. The van der Waals surface area contributed by atoms with Crippen LogP contribution in [-0.4, -0.2) is 79.4 Å². The third-order valence-corrected chi connectivity index (χ3v) is 5.02. The van der Waals surface area contributed by atoms with Crippen molar-refractivity contribution >= 4 is 23.2 Å². The van der Waals surface area contributed by atoms with E-state index in [1.54, 1.807) is 18.4 Å². The van der Waals surface area contributed by atoms with Gasteiger partial charge in [-0.25, -0.2) is 0 Å².